The Hall–Kier alpha value is -0.210. The lowest BCUT2D eigenvalue weighted by atomic mass is 9.62. The first-order valence-electron chi connectivity index (χ1n) is 11.5. The van der Waals surface area contributed by atoms with Gasteiger partial charge >= 0.3 is 6.18 Å². The van der Waals surface area contributed by atoms with Crippen molar-refractivity contribution in [2.75, 3.05) is 0 Å². The van der Waals surface area contributed by atoms with Crippen molar-refractivity contribution in [2.45, 2.75) is 123 Å². The zero-order valence-electron chi connectivity index (χ0n) is 17.2. The molecule has 0 bridgehead atoms. The smallest absolute Gasteiger partial charge is 0.171 e. The van der Waals surface area contributed by atoms with Crippen LogP contribution in [0.4, 0.5) is 13.2 Å². The molecule has 26 heavy (non-hydrogen) atoms. The monoisotopic (exact) mass is 374 g/mol. The average Bonchev–Trinajstić information content (AvgIpc) is 2.62. The van der Waals surface area contributed by atoms with Crippen LogP contribution in [-0.4, -0.2) is 6.18 Å². The van der Waals surface area contributed by atoms with Gasteiger partial charge in [-0.05, 0) is 62.7 Å². The predicted molar refractivity (Wildman–Crippen MR) is 104 cm³/mol. The molecule has 2 fully saturated rings. The Labute approximate surface area is 159 Å². The van der Waals surface area contributed by atoms with Crippen LogP contribution in [0.2, 0.25) is 0 Å². The highest BCUT2D eigenvalue weighted by Gasteiger charge is 2.55. The van der Waals surface area contributed by atoms with Crippen LogP contribution in [0.25, 0.3) is 0 Å². The fourth-order valence-electron chi connectivity index (χ4n) is 5.68. The summed E-state index contributed by atoms with van der Waals surface area (Å²) in [6, 6.07) is 0. The first-order valence-corrected chi connectivity index (χ1v) is 11.5. The highest BCUT2D eigenvalue weighted by molar-refractivity contribution is 4.93. The van der Waals surface area contributed by atoms with E-state index in [0.29, 0.717) is 31.1 Å². The maximum atomic E-state index is 13.8. The van der Waals surface area contributed by atoms with Crippen LogP contribution in [0.1, 0.15) is 117 Å². The quantitative estimate of drug-likeness (QED) is 0.354. The summed E-state index contributed by atoms with van der Waals surface area (Å²) in [5, 5.41) is 0. The minimum Gasteiger partial charge on any atom is -0.171 e. The summed E-state index contributed by atoms with van der Waals surface area (Å²) < 4.78 is 41.4. The van der Waals surface area contributed by atoms with Gasteiger partial charge in [0.25, 0.3) is 0 Å². The van der Waals surface area contributed by atoms with Gasteiger partial charge in [0.2, 0.25) is 0 Å². The summed E-state index contributed by atoms with van der Waals surface area (Å²) in [5.41, 5.74) is -1.37. The number of halogens is 3. The van der Waals surface area contributed by atoms with E-state index < -0.39 is 11.6 Å². The second-order valence-electron chi connectivity index (χ2n) is 9.35. The van der Waals surface area contributed by atoms with E-state index in [2.05, 4.69) is 13.8 Å². The van der Waals surface area contributed by atoms with Gasteiger partial charge in [0.15, 0.2) is 0 Å². The van der Waals surface area contributed by atoms with E-state index in [-0.39, 0.29) is 0 Å². The van der Waals surface area contributed by atoms with Gasteiger partial charge in [-0.2, -0.15) is 13.2 Å². The Morgan fingerprint density at radius 3 is 1.81 bits per heavy atom. The van der Waals surface area contributed by atoms with Crippen molar-refractivity contribution in [3.05, 3.63) is 0 Å². The molecule has 0 N–H and O–H groups in total. The molecule has 0 radical (unpaired) electrons. The Balaban J connectivity index is 1.79. The third-order valence-electron chi connectivity index (χ3n) is 7.62. The molecule has 0 amide bonds. The van der Waals surface area contributed by atoms with Crippen molar-refractivity contribution in [2.24, 2.45) is 23.2 Å². The van der Waals surface area contributed by atoms with Gasteiger partial charge in [0.05, 0.1) is 5.41 Å². The molecule has 0 aliphatic heterocycles. The third kappa shape index (κ3) is 5.89. The summed E-state index contributed by atoms with van der Waals surface area (Å²) >= 11 is 0. The number of unbranched alkanes of at least 4 members (excludes halogenated alkanes) is 4. The number of alkyl halides is 3. The normalized spacial score (nSPS) is 33.3. The van der Waals surface area contributed by atoms with E-state index in [1.807, 2.05) is 0 Å². The Kier molecular flexibility index (Phi) is 8.80. The molecule has 0 aromatic carbocycles. The van der Waals surface area contributed by atoms with Crippen molar-refractivity contribution in [1.82, 2.24) is 0 Å². The topological polar surface area (TPSA) is 0 Å². The van der Waals surface area contributed by atoms with Crippen LogP contribution in [0.15, 0.2) is 0 Å². The Morgan fingerprint density at radius 2 is 1.27 bits per heavy atom. The van der Waals surface area contributed by atoms with Gasteiger partial charge in [-0.1, -0.05) is 71.6 Å². The zero-order valence-corrected chi connectivity index (χ0v) is 17.2. The summed E-state index contributed by atoms with van der Waals surface area (Å²) in [5.74, 6) is 2.16. The lowest BCUT2D eigenvalue weighted by Gasteiger charge is -2.44. The molecule has 2 saturated carbocycles. The van der Waals surface area contributed by atoms with Gasteiger partial charge < -0.3 is 0 Å². The summed E-state index contributed by atoms with van der Waals surface area (Å²) in [6.45, 7) is 4.32. The third-order valence-corrected chi connectivity index (χ3v) is 7.62. The fraction of sp³-hybridized carbons (Fsp3) is 1.00. The summed E-state index contributed by atoms with van der Waals surface area (Å²) in [6.07, 6.45) is 12.0. The van der Waals surface area contributed by atoms with Gasteiger partial charge in [-0.3, -0.25) is 0 Å². The highest BCUT2D eigenvalue weighted by atomic mass is 19.4. The molecule has 154 valence electrons. The van der Waals surface area contributed by atoms with Crippen LogP contribution >= 0.6 is 0 Å². The number of hydrogen-bond donors (Lipinski definition) is 0. The molecule has 3 heteroatoms. The van der Waals surface area contributed by atoms with Crippen molar-refractivity contribution >= 4 is 0 Å². The highest BCUT2D eigenvalue weighted by Crippen LogP contribution is 2.55. The molecular formula is C23H41F3. The number of hydrogen-bond acceptors (Lipinski definition) is 0. The largest absolute Gasteiger partial charge is 0.394 e. The van der Waals surface area contributed by atoms with Crippen molar-refractivity contribution in [1.29, 1.82) is 0 Å². The first kappa shape index (κ1) is 22.1. The first-order chi connectivity index (χ1) is 12.4. The minimum absolute atomic E-state index is 0.362. The van der Waals surface area contributed by atoms with Gasteiger partial charge in [0.1, 0.15) is 0 Å². The van der Waals surface area contributed by atoms with Crippen LogP contribution < -0.4 is 0 Å². The van der Waals surface area contributed by atoms with E-state index in [1.165, 1.54) is 51.4 Å². The lowest BCUT2D eigenvalue weighted by molar-refractivity contribution is -0.241. The molecule has 0 aromatic rings. The van der Waals surface area contributed by atoms with Gasteiger partial charge in [-0.25, -0.2) is 0 Å². The fourth-order valence-corrected chi connectivity index (χ4v) is 5.68. The van der Waals surface area contributed by atoms with E-state index in [9.17, 15) is 13.2 Å². The molecule has 2 aliphatic rings. The molecule has 2 rings (SSSR count). The minimum atomic E-state index is -4.01. The molecule has 0 heterocycles. The molecule has 0 atom stereocenters. The van der Waals surface area contributed by atoms with Crippen molar-refractivity contribution in [3.63, 3.8) is 0 Å². The molecule has 2 aliphatic carbocycles. The molecule has 0 spiro atoms. The van der Waals surface area contributed by atoms with Crippen LogP contribution in [0.3, 0.4) is 0 Å². The molecular weight excluding hydrogens is 333 g/mol. The second kappa shape index (κ2) is 10.4. The Bertz CT molecular complexity index is 371. The van der Waals surface area contributed by atoms with E-state index in [4.69, 9.17) is 0 Å². The van der Waals surface area contributed by atoms with Gasteiger partial charge in [0, 0.05) is 0 Å². The van der Waals surface area contributed by atoms with E-state index >= 15 is 0 Å². The zero-order chi connectivity index (χ0) is 19.0. The number of rotatable bonds is 9. The molecule has 0 unspecified atom stereocenters. The molecule has 0 saturated heterocycles. The van der Waals surface area contributed by atoms with Crippen LogP contribution in [0, 0.1) is 23.2 Å². The molecule has 0 nitrogen and oxygen atoms in total. The average molecular weight is 375 g/mol. The maximum absolute atomic E-state index is 13.8. The summed E-state index contributed by atoms with van der Waals surface area (Å²) in [7, 11) is 0. The summed E-state index contributed by atoms with van der Waals surface area (Å²) in [4.78, 5) is 0. The van der Waals surface area contributed by atoms with Gasteiger partial charge in [-0.15, -0.1) is 0 Å². The van der Waals surface area contributed by atoms with Crippen molar-refractivity contribution in [3.8, 4) is 0 Å². The Morgan fingerprint density at radius 1 is 0.731 bits per heavy atom. The predicted octanol–water partition coefficient (Wildman–Crippen LogP) is 8.69. The SMILES string of the molecule is CCCCCC1CCC(C2CCC(CCCCC)(C(F)(F)F)CC2)CC1. The lowest BCUT2D eigenvalue weighted by Crippen LogP contribution is -2.42. The van der Waals surface area contributed by atoms with E-state index in [0.717, 1.165) is 38.0 Å². The standard InChI is InChI=1S/C23H41F3/c1-3-5-7-9-19-10-12-20(13-11-19)21-14-17-22(18-15-21,23(24,25)26)16-8-6-4-2/h19-21H,3-18H2,1-2H3. The van der Waals surface area contributed by atoms with E-state index in [1.54, 1.807) is 0 Å². The van der Waals surface area contributed by atoms with Crippen LogP contribution in [0.5, 0.6) is 0 Å². The van der Waals surface area contributed by atoms with Crippen LogP contribution in [-0.2, 0) is 0 Å². The second-order valence-corrected chi connectivity index (χ2v) is 9.35. The maximum Gasteiger partial charge on any atom is 0.394 e. The molecule has 0 aromatic heterocycles. The van der Waals surface area contributed by atoms with Crippen molar-refractivity contribution < 1.29 is 13.2 Å².